The van der Waals surface area contributed by atoms with Crippen LogP contribution in [0.5, 0.6) is 0 Å². The van der Waals surface area contributed by atoms with E-state index in [1.807, 2.05) is 12.1 Å². The van der Waals surface area contributed by atoms with E-state index in [0.29, 0.717) is 6.04 Å². The molecule has 14 heavy (non-hydrogen) atoms. The van der Waals surface area contributed by atoms with Crippen LogP contribution in [0.15, 0.2) is 22.8 Å². The Morgan fingerprint density at radius 3 is 3.07 bits per heavy atom. The van der Waals surface area contributed by atoms with Crippen LogP contribution in [-0.4, -0.2) is 23.8 Å². The molecule has 3 nitrogen and oxygen atoms in total. The lowest BCUT2D eigenvalue weighted by atomic mass is 10.2. The third-order valence-electron chi connectivity index (χ3n) is 2.84. The molecule has 2 rings (SSSR count). The average molecular weight is 195 g/mol. The van der Waals surface area contributed by atoms with Crippen molar-refractivity contribution in [3.8, 4) is 0 Å². The monoisotopic (exact) mass is 195 g/mol. The van der Waals surface area contributed by atoms with Gasteiger partial charge in [-0.15, -0.1) is 0 Å². The van der Waals surface area contributed by atoms with E-state index in [4.69, 9.17) is 4.42 Å². The largest absolute Gasteiger partial charge is 0.469 e. The van der Waals surface area contributed by atoms with Crippen LogP contribution in [0.1, 0.15) is 25.0 Å². The lowest BCUT2D eigenvalue weighted by Gasteiger charge is -2.15. The molecule has 1 aromatic heterocycles. The Hall–Kier alpha value is -0.800. The predicted octanol–water partition coefficient (Wildman–Crippen LogP) is 1.33. The van der Waals surface area contributed by atoms with Crippen molar-refractivity contribution >= 4 is 0 Å². The zero-order valence-corrected chi connectivity index (χ0v) is 8.28. The van der Waals surface area contributed by atoms with Gasteiger partial charge < -0.3 is 14.8 Å². The minimum absolute atomic E-state index is 0.147. The Morgan fingerprint density at radius 2 is 2.43 bits per heavy atom. The normalized spacial score (nSPS) is 26.9. The van der Waals surface area contributed by atoms with E-state index in [-0.39, 0.29) is 6.10 Å². The first-order chi connectivity index (χ1) is 6.86. The number of nitrogens with one attached hydrogen (secondary N) is 1. The summed E-state index contributed by atoms with van der Waals surface area (Å²) in [6.45, 7) is 0.884. The first-order valence-electron chi connectivity index (χ1n) is 5.30. The van der Waals surface area contributed by atoms with Crippen LogP contribution in [-0.2, 0) is 6.42 Å². The molecular formula is C11H17NO2. The lowest BCUT2D eigenvalue weighted by molar-refractivity contribution is 0.149. The number of hydrogen-bond donors (Lipinski definition) is 2. The van der Waals surface area contributed by atoms with Crippen molar-refractivity contribution < 1.29 is 9.52 Å². The molecule has 1 aromatic rings. The Bertz CT molecular complexity index is 258. The molecule has 78 valence electrons. The molecule has 0 amide bonds. The van der Waals surface area contributed by atoms with Crippen molar-refractivity contribution in [3.05, 3.63) is 24.2 Å². The number of aliphatic hydroxyl groups excluding tert-OH is 1. The third kappa shape index (κ3) is 2.36. The van der Waals surface area contributed by atoms with Crippen molar-refractivity contribution in [2.24, 2.45) is 0 Å². The topological polar surface area (TPSA) is 45.4 Å². The third-order valence-corrected chi connectivity index (χ3v) is 2.84. The zero-order chi connectivity index (χ0) is 9.80. The summed E-state index contributed by atoms with van der Waals surface area (Å²) in [4.78, 5) is 0. The Labute approximate surface area is 84.1 Å². The molecule has 0 radical (unpaired) electrons. The predicted molar refractivity (Wildman–Crippen MR) is 54.1 cm³/mol. The minimum Gasteiger partial charge on any atom is -0.469 e. The maximum absolute atomic E-state index is 9.56. The van der Waals surface area contributed by atoms with Gasteiger partial charge in [0.2, 0.25) is 0 Å². The molecule has 1 fully saturated rings. The van der Waals surface area contributed by atoms with Gasteiger partial charge in [-0.3, -0.25) is 0 Å². The van der Waals surface area contributed by atoms with Crippen molar-refractivity contribution in [1.82, 2.24) is 5.32 Å². The highest BCUT2D eigenvalue weighted by Gasteiger charge is 2.23. The van der Waals surface area contributed by atoms with E-state index >= 15 is 0 Å². The van der Waals surface area contributed by atoms with Crippen LogP contribution in [0.25, 0.3) is 0 Å². The SMILES string of the molecule is O[C@@H]1CCC[C@H]1NCCc1ccco1. The second-order valence-electron chi connectivity index (χ2n) is 3.89. The second kappa shape index (κ2) is 4.62. The number of aliphatic hydroxyl groups is 1. The second-order valence-corrected chi connectivity index (χ2v) is 3.89. The molecular weight excluding hydrogens is 178 g/mol. The van der Waals surface area contributed by atoms with Gasteiger partial charge in [-0.2, -0.15) is 0 Å². The van der Waals surface area contributed by atoms with Gasteiger partial charge in [-0.25, -0.2) is 0 Å². The van der Waals surface area contributed by atoms with E-state index in [0.717, 1.165) is 38.0 Å². The molecule has 1 aliphatic carbocycles. The first-order valence-corrected chi connectivity index (χ1v) is 5.30. The molecule has 0 bridgehead atoms. The van der Waals surface area contributed by atoms with Gasteiger partial charge in [0.05, 0.1) is 12.4 Å². The van der Waals surface area contributed by atoms with E-state index in [9.17, 15) is 5.11 Å². The molecule has 2 atom stereocenters. The van der Waals surface area contributed by atoms with Crippen LogP contribution in [0, 0.1) is 0 Å². The maximum atomic E-state index is 9.56. The van der Waals surface area contributed by atoms with Crippen LogP contribution >= 0.6 is 0 Å². The van der Waals surface area contributed by atoms with Gasteiger partial charge >= 0.3 is 0 Å². The van der Waals surface area contributed by atoms with Gasteiger partial charge in [-0.1, -0.05) is 0 Å². The number of furan rings is 1. The van der Waals surface area contributed by atoms with Gasteiger partial charge in [0, 0.05) is 19.0 Å². The summed E-state index contributed by atoms with van der Waals surface area (Å²) >= 11 is 0. The standard InChI is InChI=1S/C11H17NO2/c13-11-5-1-4-10(11)12-7-6-9-3-2-8-14-9/h2-3,8,10-13H,1,4-7H2/t10-,11-/m1/s1. The van der Waals surface area contributed by atoms with Gasteiger partial charge in [0.1, 0.15) is 5.76 Å². The van der Waals surface area contributed by atoms with Crippen molar-refractivity contribution in [3.63, 3.8) is 0 Å². The average Bonchev–Trinajstić information content (AvgIpc) is 2.78. The van der Waals surface area contributed by atoms with Crippen LogP contribution in [0.3, 0.4) is 0 Å². The van der Waals surface area contributed by atoms with E-state index in [1.54, 1.807) is 6.26 Å². The minimum atomic E-state index is -0.147. The summed E-state index contributed by atoms with van der Waals surface area (Å²) in [7, 11) is 0. The Balaban J connectivity index is 1.68. The van der Waals surface area contributed by atoms with Gasteiger partial charge in [0.25, 0.3) is 0 Å². The molecule has 3 heteroatoms. The Morgan fingerprint density at radius 1 is 1.50 bits per heavy atom. The summed E-state index contributed by atoms with van der Waals surface area (Å²) in [5, 5.41) is 12.9. The molecule has 0 unspecified atom stereocenters. The highest BCUT2D eigenvalue weighted by atomic mass is 16.3. The van der Waals surface area contributed by atoms with Crippen molar-refractivity contribution in [1.29, 1.82) is 0 Å². The summed E-state index contributed by atoms with van der Waals surface area (Å²) < 4.78 is 5.22. The molecule has 0 aromatic carbocycles. The van der Waals surface area contributed by atoms with Crippen molar-refractivity contribution in [2.45, 2.75) is 37.8 Å². The quantitative estimate of drug-likeness (QED) is 0.761. The summed E-state index contributed by atoms with van der Waals surface area (Å²) in [6, 6.07) is 4.18. The first kappa shape index (κ1) is 9.74. The molecule has 0 saturated heterocycles. The fourth-order valence-electron chi connectivity index (χ4n) is 2.01. The fourth-order valence-corrected chi connectivity index (χ4v) is 2.01. The lowest BCUT2D eigenvalue weighted by Crippen LogP contribution is -2.36. The highest BCUT2D eigenvalue weighted by Crippen LogP contribution is 2.18. The molecule has 1 saturated carbocycles. The van der Waals surface area contributed by atoms with Crippen molar-refractivity contribution in [2.75, 3.05) is 6.54 Å². The van der Waals surface area contributed by atoms with E-state index in [1.165, 1.54) is 0 Å². The molecule has 1 heterocycles. The fraction of sp³-hybridized carbons (Fsp3) is 0.636. The van der Waals surface area contributed by atoms with Crippen LogP contribution in [0.4, 0.5) is 0 Å². The molecule has 2 N–H and O–H groups in total. The maximum Gasteiger partial charge on any atom is 0.105 e. The smallest absolute Gasteiger partial charge is 0.105 e. The number of rotatable bonds is 4. The van der Waals surface area contributed by atoms with Crippen LogP contribution in [0.2, 0.25) is 0 Å². The molecule has 0 aliphatic heterocycles. The summed E-state index contributed by atoms with van der Waals surface area (Å²) in [6.07, 6.45) is 5.62. The number of hydrogen-bond acceptors (Lipinski definition) is 3. The Kier molecular flexibility index (Phi) is 3.22. The highest BCUT2D eigenvalue weighted by molar-refractivity contribution is 4.98. The van der Waals surface area contributed by atoms with Crippen LogP contribution < -0.4 is 5.32 Å². The molecule has 0 spiro atoms. The zero-order valence-electron chi connectivity index (χ0n) is 8.28. The van der Waals surface area contributed by atoms with E-state index < -0.39 is 0 Å². The van der Waals surface area contributed by atoms with E-state index in [2.05, 4.69) is 5.32 Å². The summed E-state index contributed by atoms with van der Waals surface area (Å²) in [5.74, 6) is 1.00. The molecule has 1 aliphatic rings. The summed E-state index contributed by atoms with van der Waals surface area (Å²) in [5.41, 5.74) is 0. The van der Waals surface area contributed by atoms with Gasteiger partial charge in [0.15, 0.2) is 0 Å². The van der Waals surface area contributed by atoms with Gasteiger partial charge in [-0.05, 0) is 31.4 Å².